The summed E-state index contributed by atoms with van der Waals surface area (Å²) in [7, 11) is 0. The minimum absolute atomic E-state index is 0.127. The number of aromatic nitrogens is 3. The van der Waals surface area contributed by atoms with Gasteiger partial charge in [0, 0.05) is 11.3 Å². The third-order valence-electron chi connectivity index (χ3n) is 5.00. The second-order valence-corrected chi connectivity index (χ2v) is 7.38. The molecule has 0 saturated heterocycles. The Morgan fingerprint density at radius 1 is 1.13 bits per heavy atom. The van der Waals surface area contributed by atoms with E-state index >= 15 is 0 Å². The second-order valence-electron chi connectivity index (χ2n) is 7.38. The van der Waals surface area contributed by atoms with Gasteiger partial charge in [-0.2, -0.15) is 4.98 Å². The van der Waals surface area contributed by atoms with Crippen LogP contribution in [0.1, 0.15) is 22.6 Å². The lowest BCUT2D eigenvalue weighted by atomic mass is 10.1. The van der Waals surface area contributed by atoms with Crippen LogP contribution in [0, 0.1) is 20.8 Å². The van der Waals surface area contributed by atoms with Gasteiger partial charge in [-0.05, 0) is 44.5 Å². The highest BCUT2D eigenvalue weighted by atomic mass is 16.5. The summed E-state index contributed by atoms with van der Waals surface area (Å²) >= 11 is 0. The van der Waals surface area contributed by atoms with E-state index in [0.717, 1.165) is 11.1 Å². The zero-order valence-electron chi connectivity index (χ0n) is 17.5. The number of pyridine rings is 1. The van der Waals surface area contributed by atoms with Crippen molar-refractivity contribution in [1.82, 2.24) is 20.0 Å². The number of hydrogen-bond acceptors (Lipinski definition) is 6. The molecule has 158 valence electrons. The minimum Gasteiger partial charge on any atom is -0.467 e. The molecule has 0 atom stereocenters. The number of nitrogens with zero attached hydrogens (tertiary/aromatic N) is 3. The molecule has 1 N–H and O–H groups in total. The van der Waals surface area contributed by atoms with Crippen LogP contribution in [0.25, 0.3) is 22.8 Å². The lowest BCUT2D eigenvalue weighted by molar-refractivity contribution is -0.122. The van der Waals surface area contributed by atoms with Crippen molar-refractivity contribution in [2.75, 3.05) is 0 Å². The number of rotatable bonds is 6. The van der Waals surface area contributed by atoms with Crippen molar-refractivity contribution in [2.45, 2.75) is 33.9 Å². The van der Waals surface area contributed by atoms with Gasteiger partial charge in [-0.1, -0.05) is 35.0 Å². The van der Waals surface area contributed by atoms with Crippen LogP contribution >= 0.6 is 0 Å². The standard InChI is InChI=1S/C23H22N4O4/c1-14-6-8-17(9-7-14)21-25-22(31-26-21)20-15(2)11-16(3)27(23(20)29)13-19(28)24-12-18-5-4-10-30-18/h4-11H,12-13H2,1-3H3,(H,24,28). The Balaban J connectivity index is 1.61. The van der Waals surface area contributed by atoms with E-state index in [0.29, 0.717) is 22.8 Å². The van der Waals surface area contributed by atoms with Crippen LogP contribution in [-0.4, -0.2) is 20.6 Å². The van der Waals surface area contributed by atoms with E-state index in [-0.39, 0.29) is 36.0 Å². The second kappa shape index (κ2) is 8.43. The Hall–Kier alpha value is -3.94. The molecule has 31 heavy (non-hydrogen) atoms. The molecule has 0 fully saturated rings. The molecule has 4 aromatic rings. The summed E-state index contributed by atoms with van der Waals surface area (Å²) in [4.78, 5) is 30.0. The number of carbonyl (C=O) groups excluding carboxylic acids is 1. The highest BCUT2D eigenvalue weighted by molar-refractivity contribution is 5.76. The predicted molar refractivity (Wildman–Crippen MR) is 114 cm³/mol. The average molecular weight is 418 g/mol. The molecule has 8 nitrogen and oxygen atoms in total. The van der Waals surface area contributed by atoms with Crippen LogP contribution in [0.4, 0.5) is 0 Å². The molecule has 0 bridgehead atoms. The van der Waals surface area contributed by atoms with Crippen molar-refractivity contribution in [1.29, 1.82) is 0 Å². The van der Waals surface area contributed by atoms with E-state index in [4.69, 9.17) is 8.94 Å². The van der Waals surface area contributed by atoms with Gasteiger partial charge in [0.1, 0.15) is 17.9 Å². The monoisotopic (exact) mass is 418 g/mol. The van der Waals surface area contributed by atoms with Gasteiger partial charge in [-0.3, -0.25) is 9.59 Å². The molecule has 1 aromatic carbocycles. The fraction of sp³-hybridized carbons (Fsp3) is 0.217. The largest absolute Gasteiger partial charge is 0.467 e. The average Bonchev–Trinajstić information content (AvgIpc) is 3.42. The molecular weight excluding hydrogens is 396 g/mol. The molecule has 0 unspecified atom stereocenters. The number of furan rings is 1. The van der Waals surface area contributed by atoms with Gasteiger partial charge in [0.05, 0.1) is 12.8 Å². The first-order valence-electron chi connectivity index (χ1n) is 9.83. The molecule has 1 amide bonds. The predicted octanol–water partition coefficient (Wildman–Crippen LogP) is 3.40. The SMILES string of the molecule is Cc1ccc(-c2noc(-c3c(C)cc(C)n(CC(=O)NCc4ccco4)c3=O)n2)cc1. The lowest BCUT2D eigenvalue weighted by Crippen LogP contribution is -2.34. The maximum absolute atomic E-state index is 13.2. The highest BCUT2D eigenvalue weighted by Crippen LogP contribution is 2.23. The topological polar surface area (TPSA) is 103 Å². The van der Waals surface area contributed by atoms with E-state index in [1.165, 1.54) is 10.8 Å². The number of amides is 1. The summed E-state index contributed by atoms with van der Waals surface area (Å²) in [5, 5.41) is 6.77. The summed E-state index contributed by atoms with van der Waals surface area (Å²) in [6, 6.07) is 13.0. The first-order chi connectivity index (χ1) is 14.9. The van der Waals surface area contributed by atoms with E-state index < -0.39 is 0 Å². The molecule has 0 aliphatic heterocycles. The summed E-state index contributed by atoms with van der Waals surface area (Å²) in [5.74, 6) is 0.860. The van der Waals surface area contributed by atoms with E-state index in [9.17, 15) is 9.59 Å². The maximum atomic E-state index is 13.2. The van der Waals surface area contributed by atoms with Crippen LogP contribution in [0.15, 0.2) is 62.5 Å². The van der Waals surface area contributed by atoms with Crippen molar-refractivity contribution in [2.24, 2.45) is 0 Å². The fourth-order valence-electron chi connectivity index (χ4n) is 3.33. The van der Waals surface area contributed by atoms with Crippen molar-refractivity contribution >= 4 is 5.91 Å². The van der Waals surface area contributed by atoms with Crippen LogP contribution in [0.5, 0.6) is 0 Å². The van der Waals surface area contributed by atoms with Crippen molar-refractivity contribution in [3.05, 3.63) is 81.7 Å². The summed E-state index contributed by atoms with van der Waals surface area (Å²) in [5.41, 5.74) is 3.21. The van der Waals surface area contributed by atoms with Gasteiger partial charge in [0.25, 0.3) is 11.4 Å². The molecule has 0 aliphatic rings. The number of benzene rings is 1. The summed E-state index contributed by atoms with van der Waals surface area (Å²) in [6.45, 7) is 5.71. The molecule has 0 radical (unpaired) electrons. The quantitative estimate of drug-likeness (QED) is 0.515. The molecule has 0 saturated carbocycles. The van der Waals surface area contributed by atoms with Crippen molar-refractivity contribution in [3.63, 3.8) is 0 Å². The summed E-state index contributed by atoms with van der Waals surface area (Å²) in [6.07, 6.45) is 1.54. The smallest absolute Gasteiger partial charge is 0.264 e. The molecule has 0 spiro atoms. The van der Waals surface area contributed by atoms with Crippen LogP contribution in [0.3, 0.4) is 0 Å². The van der Waals surface area contributed by atoms with Crippen LogP contribution in [0.2, 0.25) is 0 Å². The Bertz CT molecular complexity index is 1270. The Morgan fingerprint density at radius 2 is 1.90 bits per heavy atom. The molecule has 3 aromatic heterocycles. The normalized spacial score (nSPS) is 10.9. The maximum Gasteiger partial charge on any atom is 0.264 e. The lowest BCUT2D eigenvalue weighted by Gasteiger charge is -2.12. The Morgan fingerprint density at radius 3 is 2.61 bits per heavy atom. The third kappa shape index (κ3) is 4.32. The van der Waals surface area contributed by atoms with Crippen LogP contribution < -0.4 is 10.9 Å². The number of carbonyl (C=O) groups is 1. The van der Waals surface area contributed by atoms with Gasteiger partial charge in [0.2, 0.25) is 11.7 Å². The molecular formula is C23H22N4O4. The third-order valence-corrected chi connectivity index (χ3v) is 5.00. The zero-order valence-corrected chi connectivity index (χ0v) is 17.5. The first kappa shape index (κ1) is 20.3. The molecule has 3 heterocycles. The van der Waals surface area contributed by atoms with Gasteiger partial charge >= 0.3 is 0 Å². The Labute approximate surface area is 178 Å². The Kier molecular flexibility index (Phi) is 5.53. The first-order valence-corrected chi connectivity index (χ1v) is 9.83. The fourth-order valence-corrected chi connectivity index (χ4v) is 3.33. The number of hydrogen-bond donors (Lipinski definition) is 1. The van der Waals surface area contributed by atoms with Gasteiger partial charge in [-0.25, -0.2) is 0 Å². The van der Waals surface area contributed by atoms with E-state index in [1.807, 2.05) is 37.3 Å². The van der Waals surface area contributed by atoms with Gasteiger partial charge in [-0.15, -0.1) is 0 Å². The van der Waals surface area contributed by atoms with Crippen molar-refractivity contribution in [3.8, 4) is 22.8 Å². The summed E-state index contributed by atoms with van der Waals surface area (Å²) < 4.78 is 12.0. The number of aryl methyl sites for hydroxylation is 3. The van der Waals surface area contributed by atoms with Crippen LogP contribution in [-0.2, 0) is 17.9 Å². The zero-order chi connectivity index (χ0) is 22.0. The molecule has 8 heteroatoms. The van der Waals surface area contributed by atoms with E-state index in [2.05, 4.69) is 15.5 Å². The molecule has 0 aliphatic carbocycles. The highest BCUT2D eigenvalue weighted by Gasteiger charge is 2.20. The van der Waals surface area contributed by atoms with Crippen molar-refractivity contribution < 1.29 is 13.7 Å². The van der Waals surface area contributed by atoms with E-state index in [1.54, 1.807) is 26.0 Å². The number of nitrogens with one attached hydrogen (secondary N) is 1. The molecule has 4 rings (SSSR count). The minimum atomic E-state index is -0.357. The van der Waals surface area contributed by atoms with Gasteiger partial charge in [0.15, 0.2) is 0 Å². The van der Waals surface area contributed by atoms with Gasteiger partial charge < -0.3 is 18.8 Å².